The van der Waals surface area contributed by atoms with Crippen LogP contribution in [-0.2, 0) is 9.30 Å². The van der Waals surface area contributed by atoms with Gasteiger partial charge in [0.15, 0.2) is 6.35 Å². The molecule has 0 atom stereocenters. The van der Waals surface area contributed by atoms with Gasteiger partial charge in [-0.05, 0) is 0 Å². The van der Waals surface area contributed by atoms with Crippen LogP contribution in [0.15, 0.2) is 17.1 Å². The smallest absolute Gasteiger partial charge is 0.381 e. The van der Waals surface area contributed by atoms with Crippen molar-refractivity contribution in [1.29, 1.82) is 0 Å². The molecular weight excluding hydrogens is 299 g/mol. The molecule has 0 bridgehead atoms. The van der Waals surface area contributed by atoms with Gasteiger partial charge in [0.25, 0.3) is 0 Å². The van der Waals surface area contributed by atoms with E-state index in [0.717, 1.165) is 4.73 Å². The number of nitrogens with one attached hydrogen (secondary N) is 1. The largest absolute Gasteiger partial charge is 0.382 e. The van der Waals surface area contributed by atoms with Gasteiger partial charge in [-0.25, -0.2) is 4.79 Å². The summed E-state index contributed by atoms with van der Waals surface area (Å²) >= 11 is 0. The first-order valence-electron chi connectivity index (χ1n) is 4.45. The number of anilines is 1. The maximum Gasteiger partial charge on any atom is 0.382 e. The number of aromatic nitrogens is 2. The predicted octanol–water partition coefficient (Wildman–Crippen LogP) is -1.94. The molecule has 1 heterocycles. The van der Waals surface area contributed by atoms with Crippen molar-refractivity contribution in [2.45, 2.75) is 0 Å². The topological polar surface area (TPSA) is 123 Å². The van der Waals surface area contributed by atoms with Crippen LogP contribution >= 0.6 is 7.60 Å². The Morgan fingerprint density at radius 3 is 2.58 bits per heavy atom. The van der Waals surface area contributed by atoms with Crippen LogP contribution in [0.5, 0.6) is 0 Å². The normalized spacial score (nSPS) is 10.1. The Morgan fingerprint density at radius 1 is 1.47 bits per heavy atom. The Morgan fingerprint density at radius 2 is 2.11 bits per heavy atom. The van der Waals surface area contributed by atoms with Crippen LogP contribution in [0.1, 0.15) is 0 Å². The van der Waals surface area contributed by atoms with Gasteiger partial charge in [-0.2, -0.15) is 4.98 Å². The molecule has 1 rings (SSSR count). The summed E-state index contributed by atoms with van der Waals surface area (Å²) in [5.41, 5.74) is -0.670. The quantitative estimate of drug-likeness (QED) is 0.240. The molecule has 0 unspecified atom stereocenters. The van der Waals surface area contributed by atoms with Crippen molar-refractivity contribution in [1.82, 2.24) is 9.71 Å². The van der Waals surface area contributed by atoms with Crippen molar-refractivity contribution in [3.05, 3.63) is 22.7 Å². The Bertz CT molecular complexity index is 478. The summed E-state index contributed by atoms with van der Waals surface area (Å²) in [6.07, 6.45) is 0.534. The van der Waals surface area contributed by atoms with Crippen LogP contribution in [0.25, 0.3) is 0 Å². The van der Waals surface area contributed by atoms with E-state index < -0.39 is 26.4 Å². The molecule has 0 fully saturated rings. The Balaban J connectivity index is 0. The fourth-order valence-corrected chi connectivity index (χ4v) is 1.19. The van der Waals surface area contributed by atoms with Crippen molar-refractivity contribution >= 4 is 72.5 Å². The molecule has 0 spiro atoms. The van der Waals surface area contributed by atoms with E-state index in [0.29, 0.717) is 5.82 Å². The summed E-state index contributed by atoms with van der Waals surface area (Å²) in [7, 11) is -2.62. The summed E-state index contributed by atoms with van der Waals surface area (Å²) in [4.78, 5) is 36.6. The zero-order valence-corrected chi connectivity index (χ0v) is 15.8. The second kappa shape index (κ2) is 10.3. The van der Waals surface area contributed by atoms with Gasteiger partial charge in [-0.3, -0.25) is 4.57 Å². The maximum atomic E-state index is 11.3. The van der Waals surface area contributed by atoms with Crippen LogP contribution in [-0.4, -0.2) is 98.8 Å². The fraction of sp³-hybridized carbons (Fsp3) is 0.429. The van der Waals surface area contributed by atoms with Crippen molar-refractivity contribution < 1.29 is 23.9 Å². The minimum atomic E-state index is -4.23. The Labute approximate surface area is 153 Å². The van der Waals surface area contributed by atoms with E-state index in [1.807, 2.05) is 0 Å². The molecule has 9 nitrogen and oxygen atoms in total. The molecule has 12 heteroatoms. The van der Waals surface area contributed by atoms with Crippen LogP contribution in [0.4, 0.5) is 5.82 Å². The fourth-order valence-electron chi connectivity index (χ4n) is 0.879. The monoisotopic (exact) mass is 311 g/mol. The van der Waals surface area contributed by atoms with Crippen LogP contribution in [0, 0.1) is 0 Å². The van der Waals surface area contributed by atoms with Gasteiger partial charge in [0.2, 0.25) is 6.79 Å². The van der Waals surface area contributed by atoms with E-state index in [4.69, 9.17) is 14.6 Å². The number of nitrogens with zero attached hydrogens (tertiary/aromatic N) is 2. The molecule has 0 aliphatic heterocycles. The third kappa shape index (κ3) is 9.19. The molecule has 1 aromatic heterocycles. The molecule has 0 aliphatic carbocycles. The van der Waals surface area contributed by atoms with Gasteiger partial charge < -0.3 is 24.7 Å². The van der Waals surface area contributed by atoms with Crippen molar-refractivity contribution in [2.75, 3.05) is 25.5 Å². The number of rotatable bonds is 6. The Hall–Kier alpha value is 0.590. The van der Waals surface area contributed by atoms with E-state index in [1.54, 1.807) is 7.05 Å². The first kappa shape index (κ1) is 21.9. The van der Waals surface area contributed by atoms with Gasteiger partial charge in [0, 0.05) is 72.2 Å². The zero-order valence-electron chi connectivity index (χ0n) is 10.9. The average Bonchev–Trinajstić information content (AvgIpc) is 2.24. The van der Waals surface area contributed by atoms with E-state index >= 15 is 0 Å². The van der Waals surface area contributed by atoms with Gasteiger partial charge in [-0.15, -0.1) is 4.73 Å². The molecule has 19 heavy (non-hydrogen) atoms. The van der Waals surface area contributed by atoms with E-state index in [1.165, 1.54) is 12.3 Å². The second-order valence-electron chi connectivity index (χ2n) is 2.92. The maximum absolute atomic E-state index is 11.3. The summed E-state index contributed by atoms with van der Waals surface area (Å²) < 4.78 is 15.7. The summed E-state index contributed by atoms with van der Waals surface area (Å²) in [6, 6.07) is 1.49. The van der Waals surface area contributed by atoms with E-state index in [-0.39, 0.29) is 59.1 Å². The van der Waals surface area contributed by atoms with Gasteiger partial charge in [0.1, 0.15) is 5.82 Å². The molecule has 0 saturated heterocycles. The average molecular weight is 311 g/mol. The van der Waals surface area contributed by atoms with Gasteiger partial charge >= 0.3 is 13.3 Å². The standard InChI is InChI=1S/C7H12N3O6P.2Na/c1-8-6-2-3-10(7(11)9-6)16-4-15-5-17(12,13)14;;/h2-3H,4-5H2,1H3,(H,8,9,11)(H2,12,13,14);;. The van der Waals surface area contributed by atoms with E-state index in [9.17, 15) is 9.36 Å². The number of hydrogen-bond acceptors (Lipinski definition) is 6. The van der Waals surface area contributed by atoms with Crippen LogP contribution in [0.3, 0.4) is 0 Å². The van der Waals surface area contributed by atoms with Crippen LogP contribution in [0.2, 0.25) is 0 Å². The van der Waals surface area contributed by atoms with Crippen LogP contribution < -0.4 is 15.8 Å². The summed E-state index contributed by atoms with van der Waals surface area (Å²) in [6.45, 7) is -0.467. The molecule has 0 amide bonds. The first-order valence-corrected chi connectivity index (χ1v) is 6.25. The SMILES string of the molecule is CNc1ccn(OCOCP(=O)(O)O)c(=O)n1.[Na].[Na]. The number of hydrogen-bond donors (Lipinski definition) is 3. The Kier molecular flexibility index (Phi) is 11.9. The molecule has 0 aromatic carbocycles. The van der Waals surface area contributed by atoms with Gasteiger partial charge in [-0.1, -0.05) is 0 Å². The first-order chi connectivity index (χ1) is 7.92. The summed E-state index contributed by atoms with van der Waals surface area (Å²) in [5.74, 6) is 0.381. The summed E-state index contributed by atoms with van der Waals surface area (Å²) in [5, 5.41) is 2.67. The minimum Gasteiger partial charge on any atom is -0.381 e. The molecule has 0 saturated carbocycles. The third-order valence-corrected chi connectivity index (χ3v) is 2.08. The molecule has 3 N–H and O–H groups in total. The molecule has 98 valence electrons. The third-order valence-electron chi connectivity index (χ3n) is 1.56. The molecule has 1 aromatic rings. The zero-order chi connectivity index (χ0) is 12.9. The van der Waals surface area contributed by atoms with Gasteiger partial charge in [0.05, 0.1) is 6.20 Å². The predicted molar refractivity (Wildman–Crippen MR) is 69.0 cm³/mol. The van der Waals surface area contributed by atoms with Crippen molar-refractivity contribution in [2.24, 2.45) is 0 Å². The molecular formula is C7H12N3Na2O6P. The van der Waals surface area contributed by atoms with E-state index in [2.05, 4.69) is 15.0 Å². The minimum absolute atomic E-state index is 0. The second-order valence-corrected chi connectivity index (χ2v) is 4.50. The number of ether oxygens (including phenoxy) is 1. The molecule has 0 aliphatic rings. The van der Waals surface area contributed by atoms with Crippen molar-refractivity contribution in [3.8, 4) is 0 Å². The molecule has 2 radical (unpaired) electrons. The van der Waals surface area contributed by atoms with Crippen molar-refractivity contribution in [3.63, 3.8) is 0 Å².